The highest BCUT2D eigenvalue weighted by Crippen LogP contribution is 2.39. The Balaban J connectivity index is 1.63. The number of carbonyl (C=O) groups excluding carboxylic acids is 1. The zero-order valence-corrected chi connectivity index (χ0v) is 16.6. The molecule has 1 aliphatic heterocycles. The van der Waals surface area contributed by atoms with Crippen molar-refractivity contribution in [1.82, 2.24) is 4.90 Å². The summed E-state index contributed by atoms with van der Waals surface area (Å²) >= 11 is 0. The minimum Gasteiger partial charge on any atom is -0.497 e. The maximum atomic E-state index is 12.8. The monoisotopic (exact) mass is 385 g/mol. The lowest BCUT2D eigenvalue weighted by molar-refractivity contribution is -0.132. The molecule has 0 aromatic heterocycles. The zero-order valence-electron chi connectivity index (χ0n) is 16.6. The lowest BCUT2D eigenvalue weighted by Gasteiger charge is -2.26. The molecular formula is C22H27NO5. The van der Waals surface area contributed by atoms with Crippen molar-refractivity contribution in [3.8, 4) is 23.0 Å². The van der Waals surface area contributed by atoms with E-state index in [4.69, 9.17) is 18.9 Å². The van der Waals surface area contributed by atoms with E-state index in [1.807, 2.05) is 47.4 Å². The minimum absolute atomic E-state index is 0.00136. The molecule has 0 N–H and O–H groups in total. The van der Waals surface area contributed by atoms with E-state index in [1.54, 1.807) is 21.3 Å². The van der Waals surface area contributed by atoms with Gasteiger partial charge in [0.05, 0.1) is 40.4 Å². The van der Waals surface area contributed by atoms with Gasteiger partial charge in [-0.2, -0.15) is 0 Å². The van der Waals surface area contributed by atoms with E-state index in [1.165, 1.54) is 0 Å². The molecule has 3 rings (SSSR count). The molecule has 28 heavy (non-hydrogen) atoms. The number of rotatable bonds is 8. The van der Waals surface area contributed by atoms with E-state index >= 15 is 0 Å². The van der Waals surface area contributed by atoms with Crippen LogP contribution in [0.5, 0.6) is 23.0 Å². The molecule has 1 atom stereocenters. The van der Waals surface area contributed by atoms with Gasteiger partial charge in [-0.1, -0.05) is 0 Å². The molecule has 1 aliphatic rings. The number of amides is 1. The van der Waals surface area contributed by atoms with Crippen molar-refractivity contribution >= 4 is 5.91 Å². The van der Waals surface area contributed by atoms with E-state index in [0.29, 0.717) is 13.0 Å². The number of hydrogen-bond donors (Lipinski definition) is 0. The first-order valence-corrected chi connectivity index (χ1v) is 9.44. The predicted octanol–water partition coefficient (Wildman–Crippen LogP) is 3.85. The van der Waals surface area contributed by atoms with E-state index in [9.17, 15) is 4.79 Å². The second kappa shape index (κ2) is 9.35. The number of ether oxygens (including phenoxy) is 4. The van der Waals surface area contributed by atoms with E-state index in [0.717, 1.165) is 47.9 Å². The van der Waals surface area contributed by atoms with Crippen molar-refractivity contribution in [2.75, 3.05) is 34.5 Å². The van der Waals surface area contributed by atoms with Crippen LogP contribution in [0.2, 0.25) is 0 Å². The summed E-state index contributed by atoms with van der Waals surface area (Å²) in [4.78, 5) is 14.8. The quantitative estimate of drug-likeness (QED) is 0.691. The smallest absolute Gasteiger partial charge is 0.226 e. The van der Waals surface area contributed by atoms with Crippen LogP contribution < -0.4 is 18.9 Å². The second-order valence-electron chi connectivity index (χ2n) is 6.63. The molecule has 1 fully saturated rings. The lowest BCUT2D eigenvalue weighted by Crippen LogP contribution is -2.31. The van der Waals surface area contributed by atoms with Crippen molar-refractivity contribution < 1.29 is 23.7 Å². The molecule has 6 nitrogen and oxygen atoms in total. The van der Waals surface area contributed by atoms with Gasteiger partial charge in [-0.05, 0) is 55.3 Å². The summed E-state index contributed by atoms with van der Waals surface area (Å²) in [5.41, 5.74) is 0.990. The lowest BCUT2D eigenvalue weighted by atomic mass is 10.0. The molecular weight excluding hydrogens is 358 g/mol. The molecule has 1 heterocycles. The van der Waals surface area contributed by atoms with Gasteiger partial charge in [0.2, 0.25) is 5.91 Å². The number of hydrogen-bond acceptors (Lipinski definition) is 5. The summed E-state index contributed by atoms with van der Waals surface area (Å²) in [7, 11) is 4.91. The fourth-order valence-electron chi connectivity index (χ4n) is 3.56. The van der Waals surface area contributed by atoms with Crippen molar-refractivity contribution in [3.05, 3.63) is 48.0 Å². The molecule has 0 bridgehead atoms. The zero-order chi connectivity index (χ0) is 19.9. The van der Waals surface area contributed by atoms with Gasteiger partial charge in [-0.15, -0.1) is 0 Å². The SMILES string of the molecule is COc1ccc(OCCC(=O)N2CCCC2c2cc(OC)ccc2OC)cc1. The summed E-state index contributed by atoms with van der Waals surface area (Å²) in [6.07, 6.45) is 2.21. The molecule has 1 saturated heterocycles. The summed E-state index contributed by atoms with van der Waals surface area (Å²) in [6, 6.07) is 13.1. The summed E-state index contributed by atoms with van der Waals surface area (Å²) < 4.78 is 21.7. The first kappa shape index (κ1) is 19.9. The van der Waals surface area contributed by atoms with Crippen LogP contribution in [-0.2, 0) is 4.79 Å². The second-order valence-corrected chi connectivity index (χ2v) is 6.63. The Bertz CT molecular complexity index is 790. The van der Waals surface area contributed by atoms with E-state index in [2.05, 4.69) is 0 Å². The van der Waals surface area contributed by atoms with Gasteiger partial charge in [0.15, 0.2) is 0 Å². The normalized spacial score (nSPS) is 16.0. The molecule has 0 aliphatic carbocycles. The Morgan fingerprint density at radius 1 is 0.964 bits per heavy atom. The molecule has 0 radical (unpaired) electrons. The third kappa shape index (κ3) is 4.50. The largest absolute Gasteiger partial charge is 0.497 e. The van der Waals surface area contributed by atoms with Crippen LogP contribution in [0.4, 0.5) is 0 Å². The molecule has 6 heteroatoms. The predicted molar refractivity (Wildman–Crippen MR) is 106 cm³/mol. The van der Waals surface area contributed by atoms with Crippen LogP contribution in [0.15, 0.2) is 42.5 Å². The highest BCUT2D eigenvalue weighted by atomic mass is 16.5. The summed E-state index contributed by atoms with van der Waals surface area (Å²) in [6.45, 7) is 1.08. The average molecular weight is 385 g/mol. The van der Waals surface area contributed by atoms with Crippen LogP contribution in [0.1, 0.15) is 30.9 Å². The Morgan fingerprint density at radius 3 is 2.32 bits per heavy atom. The Labute approximate surface area is 166 Å². The van der Waals surface area contributed by atoms with Gasteiger partial charge in [0.25, 0.3) is 0 Å². The van der Waals surface area contributed by atoms with Gasteiger partial charge in [0.1, 0.15) is 23.0 Å². The number of likely N-dealkylation sites (tertiary alicyclic amines) is 1. The number of benzene rings is 2. The van der Waals surface area contributed by atoms with Gasteiger partial charge in [0, 0.05) is 12.1 Å². The molecule has 1 amide bonds. The van der Waals surface area contributed by atoms with Gasteiger partial charge < -0.3 is 23.8 Å². The molecule has 150 valence electrons. The summed E-state index contributed by atoms with van der Waals surface area (Å²) in [5.74, 6) is 3.12. The van der Waals surface area contributed by atoms with Crippen molar-refractivity contribution in [3.63, 3.8) is 0 Å². The average Bonchev–Trinajstić information content (AvgIpc) is 3.23. The van der Waals surface area contributed by atoms with Crippen LogP contribution in [-0.4, -0.2) is 45.3 Å². The van der Waals surface area contributed by atoms with Crippen molar-refractivity contribution in [2.45, 2.75) is 25.3 Å². The van der Waals surface area contributed by atoms with Crippen molar-refractivity contribution in [2.24, 2.45) is 0 Å². The fraction of sp³-hybridized carbons (Fsp3) is 0.409. The standard InChI is InChI=1S/C22H27NO5/c1-25-16-6-8-17(9-7-16)28-14-12-22(24)23-13-4-5-20(23)19-15-18(26-2)10-11-21(19)27-3/h6-11,15,20H,4-5,12-14H2,1-3H3. The highest BCUT2D eigenvalue weighted by Gasteiger charge is 2.31. The first-order valence-electron chi connectivity index (χ1n) is 9.44. The van der Waals surface area contributed by atoms with Crippen LogP contribution >= 0.6 is 0 Å². The topological polar surface area (TPSA) is 57.2 Å². The van der Waals surface area contributed by atoms with Crippen LogP contribution in [0.3, 0.4) is 0 Å². The number of nitrogens with zero attached hydrogens (tertiary/aromatic N) is 1. The third-order valence-electron chi connectivity index (χ3n) is 5.01. The van der Waals surface area contributed by atoms with E-state index in [-0.39, 0.29) is 11.9 Å². The van der Waals surface area contributed by atoms with Gasteiger partial charge in [-0.25, -0.2) is 0 Å². The minimum atomic E-state index is -0.00136. The Hall–Kier alpha value is -2.89. The summed E-state index contributed by atoms with van der Waals surface area (Å²) in [5, 5.41) is 0. The number of carbonyl (C=O) groups is 1. The molecule has 2 aromatic carbocycles. The maximum Gasteiger partial charge on any atom is 0.226 e. The fourth-order valence-corrected chi connectivity index (χ4v) is 3.56. The highest BCUT2D eigenvalue weighted by molar-refractivity contribution is 5.77. The Kier molecular flexibility index (Phi) is 6.63. The van der Waals surface area contributed by atoms with Crippen LogP contribution in [0.25, 0.3) is 0 Å². The molecule has 0 saturated carbocycles. The molecule has 2 aromatic rings. The van der Waals surface area contributed by atoms with Crippen LogP contribution in [0, 0.1) is 0 Å². The third-order valence-corrected chi connectivity index (χ3v) is 5.01. The van der Waals surface area contributed by atoms with Gasteiger partial charge in [-0.3, -0.25) is 4.79 Å². The molecule has 0 spiro atoms. The maximum absolute atomic E-state index is 12.8. The van der Waals surface area contributed by atoms with Gasteiger partial charge >= 0.3 is 0 Å². The number of methoxy groups -OCH3 is 3. The first-order chi connectivity index (χ1) is 13.7. The van der Waals surface area contributed by atoms with E-state index < -0.39 is 0 Å². The van der Waals surface area contributed by atoms with Crippen molar-refractivity contribution in [1.29, 1.82) is 0 Å². The molecule has 1 unspecified atom stereocenters. The Morgan fingerprint density at radius 2 is 1.64 bits per heavy atom.